The summed E-state index contributed by atoms with van der Waals surface area (Å²) in [7, 11) is 0. The van der Waals surface area contributed by atoms with Crippen molar-refractivity contribution in [2.75, 3.05) is 13.1 Å². The summed E-state index contributed by atoms with van der Waals surface area (Å²) in [4.78, 5) is 11.9. The highest BCUT2D eigenvalue weighted by Crippen LogP contribution is 2.44. The molecule has 1 aromatic rings. The molecule has 0 aliphatic heterocycles. The number of hydrogen-bond acceptors (Lipinski definition) is 3. The van der Waals surface area contributed by atoms with Crippen LogP contribution < -0.4 is 10.6 Å². The van der Waals surface area contributed by atoms with Gasteiger partial charge >= 0.3 is 6.03 Å². The molecule has 3 N–H and O–H groups in total. The Kier molecular flexibility index (Phi) is 4.93. The van der Waals surface area contributed by atoms with E-state index in [0.29, 0.717) is 11.2 Å². The molecule has 1 heterocycles. The second-order valence-electron chi connectivity index (χ2n) is 6.39. The summed E-state index contributed by atoms with van der Waals surface area (Å²) in [5.74, 6) is 0.448. The number of carbonyl (C=O) groups is 1. The van der Waals surface area contributed by atoms with E-state index in [2.05, 4.69) is 17.6 Å². The number of amides is 2. The lowest BCUT2D eigenvalue weighted by Crippen LogP contribution is -2.48. The average molecular weight is 294 g/mol. The summed E-state index contributed by atoms with van der Waals surface area (Å²) < 4.78 is 5.18. The number of aliphatic hydroxyl groups is 1. The van der Waals surface area contributed by atoms with E-state index in [4.69, 9.17) is 4.42 Å². The molecule has 1 unspecified atom stereocenters. The summed E-state index contributed by atoms with van der Waals surface area (Å²) >= 11 is 0. The first-order valence-corrected chi connectivity index (χ1v) is 7.75. The van der Waals surface area contributed by atoms with E-state index in [0.717, 1.165) is 19.4 Å². The minimum atomic E-state index is -1.20. The molecule has 5 nitrogen and oxygen atoms in total. The zero-order chi connectivity index (χ0) is 15.3. The first-order chi connectivity index (χ1) is 9.97. The molecule has 1 saturated carbocycles. The Hall–Kier alpha value is -1.49. The average Bonchev–Trinajstić information content (AvgIpc) is 2.94. The van der Waals surface area contributed by atoms with Gasteiger partial charge in [0.15, 0.2) is 0 Å². The lowest BCUT2D eigenvalue weighted by atomic mass is 9.66. The van der Waals surface area contributed by atoms with Gasteiger partial charge < -0.3 is 20.2 Å². The summed E-state index contributed by atoms with van der Waals surface area (Å²) in [6, 6.07) is 3.18. The van der Waals surface area contributed by atoms with Crippen LogP contribution in [-0.4, -0.2) is 24.2 Å². The van der Waals surface area contributed by atoms with Gasteiger partial charge in [0.05, 0.1) is 12.8 Å². The SMILES string of the molecule is CCCC1(CNC(=O)NCC(C)(O)c2ccco2)CCC1. The van der Waals surface area contributed by atoms with Gasteiger partial charge in [0.1, 0.15) is 11.4 Å². The fourth-order valence-corrected chi connectivity index (χ4v) is 2.98. The molecule has 2 rings (SSSR count). The molecule has 0 radical (unpaired) electrons. The lowest BCUT2D eigenvalue weighted by molar-refractivity contribution is 0.0364. The van der Waals surface area contributed by atoms with Crippen molar-refractivity contribution in [1.82, 2.24) is 10.6 Å². The third-order valence-electron chi connectivity index (χ3n) is 4.46. The predicted octanol–water partition coefficient (Wildman–Crippen LogP) is 2.76. The van der Waals surface area contributed by atoms with Crippen LogP contribution in [0.2, 0.25) is 0 Å². The molecule has 0 aromatic carbocycles. The van der Waals surface area contributed by atoms with E-state index >= 15 is 0 Å². The second-order valence-corrected chi connectivity index (χ2v) is 6.39. The number of rotatable bonds is 7. The van der Waals surface area contributed by atoms with E-state index in [1.54, 1.807) is 19.1 Å². The van der Waals surface area contributed by atoms with Crippen molar-refractivity contribution in [3.63, 3.8) is 0 Å². The van der Waals surface area contributed by atoms with Gasteiger partial charge in [-0.3, -0.25) is 0 Å². The predicted molar refractivity (Wildman–Crippen MR) is 80.9 cm³/mol. The molecule has 0 spiro atoms. The van der Waals surface area contributed by atoms with Crippen LogP contribution in [0.15, 0.2) is 22.8 Å². The van der Waals surface area contributed by atoms with Gasteiger partial charge in [-0.2, -0.15) is 0 Å². The first kappa shape index (κ1) is 15.9. The summed E-state index contributed by atoms with van der Waals surface area (Å²) in [6.45, 7) is 4.64. The van der Waals surface area contributed by atoms with Gasteiger partial charge in [-0.25, -0.2) is 4.79 Å². The Labute approximate surface area is 126 Å². The van der Waals surface area contributed by atoms with Crippen LogP contribution >= 0.6 is 0 Å². The molecule has 21 heavy (non-hydrogen) atoms. The Balaban J connectivity index is 1.75. The molecule has 1 atom stereocenters. The van der Waals surface area contributed by atoms with Crippen LogP contribution in [0.1, 0.15) is 51.7 Å². The van der Waals surface area contributed by atoms with E-state index in [1.165, 1.54) is 25.5 Å². The Morgan fingerprint density at radius 1 is 1.48 bits per heavy atom. The standard InChI is InChI=1S/C16H26N2O3/c1-3-7-16(8-5-9-16)12-18-14(19)17-11-15(2,20)13-6-4-10-21-13/h4,6,10,20H,3,5,7-9,11-12H2,1-2H3,(H2,17,18,19). The lowest BCUT2D eigenvalue weighted by Gasteiger charge is -2.42. The Morgan fingerprint density at radius 2 is 2.24 bits per heavy atom. The molecule has 1 aliphatic carbocycles. The number of urea groups is 1. The summed E-state index contributed by atoms with van der Waals surface area (Å²) in [5, 5.41) is 15.9. The normalized spacial score (nSPS) is 19.4. The van der Waals surface area contributed by atoms with Gasteiger partial charge in [-0.1, -0.05) is 19.8 Å². The van der Waals surface area contributed by atoms with Gasteiger partial charge in [-0.05, 0) is 43.7 Å². The molecule has 1 fully saturated rings. The minimum Gasteiger partial charge on any atom is -0.466 e. The number of hydrogen-bond donors (Lipinski definition) is 3. The first-order valence-electron chi connectivity index (χ1n) is 7.75. The van der Waals surface area contributed by atoms with E-state index < -0.39 is 5.60 Å². The molecular weight excluding hydrogens is 268 g/mol. The molecule has 118 valence electrons. The van der Waals surface area contributed by atoms with Crippen LogP contribution in [0.4, 0.5) is 4.79 Å². The number of carbonyl (C=O) groups excluding carboxylic acids is 1. The van der Waals surface area contributed by atoms with Gasteiger partial charge in [0, 0.05) is 6.54 Å². The van der Waals surface area contributed by atoms with Crippen molar-refractivity contribution in [3.05, 3.63) is 24.2 Å². The third kappa shape index (κ3) is 4.00. The molecule has 0 bridgehead atoms. The fraction of sp³-hybridized carbons (Fsp3) is 0.688. The Morgan fingerprint density at radius 3 is 2.76 bits per heavy atom. The second kappa shape index (κ2) is 6.52. The zero-order valence-corrected chi connectivity index (χ0v) is 12.9. The van der Waals surface area contributed by atoms with E-state index in [-0.39, 0.29) is 12.6 Å². The molecule has 5 heteroatoms. The molecule has 1 aromatic heterocycles. The van der Waals surface area contributed by atoms with Crippen LogP contribution in [0.25, 0.3) is 0 Å². The smallest absolute Gasteiger partial charge is 0.314 e. The third-order valence-corrected chi connectivity index (χ3v) is 4.46. The Bertz CT molecular complexity index is 450. The quantitative estimate of drug-likeness (QED) is 0.724. The highest BCUT2D eigenvalue weighted by molar-refractivity contribution is 5.74. The maximum absolute atomic E-state index is 11.9. The van der Waals surface area contributed by atoms with Crippen LogP contribution in [-0.2, 0) is 5.60 Å². The highest BCUT2D eigenvalue weighted by atomic mass is 16.4. The molecule has 0 saturated heterocycles. The topological polar surface area (TPSA) is 74.5 Å². The molecule has 2 amide bonds. The number of furan rings is 1. The largest absolute Gasteiger partial charge is 0.466 e. The van der Waals surface area contributed by atoms with Crippen LogP contribution in [0.5, 0.6) is 0 Å². The molecule has 1 aliphatic rings. The van der Waals surface area contributed by atoms with Gasteiger partial charge in [0.2, 0.25) is 0 Å². The number of nitrogens with one attached hydrogen (secondary N) is 2. The van der Waals surface area contributed by atoms with Gasteiger partial charge in [0.25, 0.3) is 0 Å². The van der Waals surface area contributed by atoms with Crippen molar-refractivity contribution in [1.29, 1.82) is 0 Å². The van der Waals surface area contributed by atoms with Crippen LogP contribution in [0, 0.1) is 5.41 Å². The highest BCUT2D eigenvalue weighted by Gasteiger charge is 2.36. The zero-order valence-electron chi connectivity index (χ0n) is 12.9. The summed E-state index contributed by atoms with van der Waals surface area (Å²) in [5.41, 5.74) is -0.895. The van der Waals surface area contributed by atoms with Crippen molar-refractivity contribution in [2.24, 2.45) is 5.41 Å². The monoisotopic (exact) mass is 294 g/mol. The maximum Gasteiger partial charge on any atom is 0.314 e. The van der Waals surface area contributed by atoms with E-state index in [9.17, 15) is 9.90 Å². The van der Waals surface area contributed by atoms with Gasteiger partial charge in [-0.15, -0.1) is 0 Å². The molecular formula is C16H26N2O3. The van der Waals surface area contributed by atoms with Crippen molar-refractivity contribution < 1.29 is 14.3 Å². The fourth-order valence-electron chi connectivity index (χ4n) is 2.98. The van der Waals surface area contributed by atoms with Crippen molar-refractivity contribution >= 4 is 6.03 Å². The summed E-state index contributed by atoms with van der Waals surface area (Å²) in [6.07, 6.45) is 7.48. The van der Waals surface area contributed by atoms with E-state index in [1.807, 2.05) is 0 Å². The van der Waals surface area contributed by atoms with Crippen molar-refractivity contribution in [3.8, 4) is 0 Å². The van der Waals surface area contributed by atoms with Crippen molar-refractivity contribution in [2.45, 2.75) is 51.6 Å². The van der Waals surface area contributed by atoms with Crippen LogP contribution in [0.3, 0.4) is 0 Å². The maximum atomic E-state index is 11.9. The minimum absolute atomic E-state index is 0.118.